The van der Waals surface area contributed by atoms with Gasteiger partial charge in [0.05, 0.1) is 35.8 Å². The first-order valence-corrected chi connectivity index (χ1v) is 21.5. The van der Waals surface area contributed by atoms with Crippen LogP contribution in [0.15, 0.2) is 65.2 Å². The highest BCUT2D eigenvalue weighted by molar-refractivity contribution is 7.92. The fourth-order valence-corrected chi connectivity index (χ4v) is 11.6. The number of ether oxygens (including phenoxy) is 3. The molecule has 2 aromatic carbocycles. The number of rotatable bonds is 5. The van der Waals surface area contributed by atoms with Gasteiger partial charge in [0.25, 0.3) is 11.8 Å². The highest BCUT2D eigenvalue weighted by atomic mass is 35.5. The van der Waals surface area contributed by atoms with E-state index in [4.69, 9.17) is 25.8 Å². The molecular weight excluding hydrogens is 724 g/mol. The van der Waals surface area contributed by atoms with Crippen molar-refractivity contribution in [3.05, 3.63) is 93.8 Å². The van der Waals surface area contributed by atoms with Crippen molar-refractivity contribution in [1.29, 1.82) is 0 Å². The van der Waals surface area contributed by atoms with Crippen LogP contribution in [0.3, 0.4) is 0 Å². The zero-order valence-electron chi connectivity index (χ0n) is 31.4. The number of hydrogen-bond acceptors (Lipinski definition) is 7. The summed E-state index contributed by atoms with van der Waals surface area (Å²) in [6, 6.07) is 13.5. The number of hydrogen-bond donors (Lipinski definition) is 1. The van der Waals surface area contributed by atoms with Crippen LogP contribution in [0.4, 0.5) is 5.69 Å². The number of amides is 2. The van der Waals surface area contributed by atoms with E-state index in [-0.39, 0.29) is 29.3 Å². The van der Waals surface area contributed by atoms with Gasteiger partial charge >= 0.3 is 0 Å². The summed E-state index contributed by atoms with van der Waals surface area (Å²) >= 11 is 6.48. The van der Waals surface area contributed by atoms with Crippen molar-refractivity contribution in [2.75, 3.05) is 44.6 Å². The molecule has 1 spiro atoms. The zero-order chi connectivity index (χ0) is 37.6. The molecule has 8 rings (SSSR count). The zero-order valence-corrected chi connectivity index (χ0v) is 33.0. The van der Waals surface area contributed by atoms with Crippen molar-refractivity contribution in [1.82, 2.24) is 9.29 Å². The molecule has 7 atom stereocenters. The number of carbonyl (C=O) groups is 2. The van der Waals surface area contributed by atoms with E-state index in [0.29, 0.717) is 61.1 Å². The Hall–Kier alpha value is -3.64. The van der Waals surface area contributed by atoms with Crippen LogP contribution in [-0.2, 0) is 44.2 Å². The number of nitrogens with one attached hydrogen (secondary N) is 1. The normalized spacial score (nSPS) is 31.2. The van der Waals surface area contributed by atoms with Crippen LogP contribution in [0.2, 0.25) is 5.02 Å². The lowest BCUT2D eigenvalue weighted by Gasteiger charge is -2.46. The van der Waals surface area contributed by atoms with Crippen LogP contribution >= 0.6 is 11.6 Å². The van der Waals surface area contributed by atoms with Gasteiger partial charge in [0.2, 0.25) is 0 Å². The smallest absolute Gasteiger partial charge is 0.286 e. The van der Waals surface area contributed by atoms with E-state index in [1.807, 2.05) is 29.7 Å². The Morgan fingerprint density at radius 1 is 1.13 bits per heavy atom. The lowest BCUT2D eigenvalue weighted by molar-refractivity contribution is 0.0131. The summed E-state index contributed by atoms with van der Waals surface area (Å²) in [5.74, 6) is 0.258. The Kier molecular flexibility index (Phi) is 10.4. The molecular formula is C42H51ClN4O6S. The number of halogens is 1. The van der Waals surface area contributed by atoms with Gasteiger partial charge in [0, 0.05) is 68.2 Å². The predicted octanol–water partition coefficient (Wildman–Crippen LogP) is 7.17. The largest absolute Gasteiger partial charge is 0.490 e. The third-order valence-corrected chi connectivity index (χ3v) is 14.8. The van der Waals surface area contributed by atoms with E-state index in [1.165, 1.54) is 11.1 Å². The van der Waals surface area contributed by atoms with Crippen molar-refractivity contribution in [3.8, 4) is 5.75 Å². The topological polar surface area (TPSA) is 111 Å². The summed E-state index contributed by atoms with van der Waals surface area (Å²) in [6.45, 7) is 4.69. The molecule has 2 bridgehead atoms. The minimum atomic E-state index is -3.54. The average Bonchev–Trinajstić information content (AvgIpc) is 3.69. The summed E-state index contributed by atoms with van der Waals surface area (Å²) in [4.78, 5) is 30.3. The van der Waals surface area contributed by atoms with E-state index in [0.717, 1.165) is 61.6 Å². The minimum Gasteiger partial charge on any atom is -0.490 e. The maximum absolute atomic E-state index is 14.8. The highest BCUT2D eigenvalue weighted by Crippen LogP contribution is 2.47. The maximum atomic E-state index is 14.8. The molecule has 2 aliphatic carbocycles. The summed E-state index contributed by atoms with van der Waals surface area (Å²) in [5, 5.41) is 0.743. The van der Waals surface area contributed by atoms with Crippen molar-refractivity contribution in [2.24, 2.45) is 22.1 Å². The van der Waals surface area contributed by atoms with Crippen LogP contribution in [0.5, 0.6) is 5.75 Å². The second kappa shape index (κ2) is 15.1. The predicted molar refractivity (Wildman–Crippen MR) is 211 cm³/mol. The number of anilines is 1. The number of carbonyl (C=O) groups excluding carboxylic acids is 2. The van der Waals surface area contributed by atoms with Crippen LogP contribution in [0.25, 0.3) is 0 Å². The molecule has 0 radical (unpaired) electrons. The van der Waals surface area contributed by atoms with Crippen LogP contribution in [0.1, 0.15) is 83.0 Å². The van der Waals surface area contributed by atoms with Gasteiger partial charge in [-0.25, -0.2) is 4.21 Å². The Bertz CT molecular complexity index is 2070. The molecule has 2 amide bonds. The van der Waals surface area contributed by atoms with E-state index in [9.17, 15) is 13.8 Å². The number of allylic oxidation sites excluding steroid dienone is 1. The van der Waals surface area contributed by atoms with Crippen LogP contribution < -0.4 is 14.4 Å². The fraction of sp³-hybridized carbons (Fsp3) is 0.524. The van der Waals surface area contributed by atoms with Gasteiger partial charge in [-0.1, -0.05) is 43.2 Å². The number of nitrogens with zero attached hydrogens (tertiary/aromatic N) is 3. The Labute approximate surface area is 323 Å². The first-order chi connectivity index (χ1) is 26.1. The van der Waals surface area contributed by atoms with Gasteiger partial charge in [-0.15, -0.1) is 4.36 Å². The van der Waals surface area contributed by atoms with Crippen molar-refractivity contribution >= 4 is 39.0 Å². The average molecular weight is 775 g/mol. The number of methoxy groups -OCH3 is 2. The number of benzene rings is 2. The highest BCUT2D eigenvalue weighted by Gasteiger charge is 2.44. The van der Waals surface area contributed by atoms with Crippen LogP contribution in [0, 0.1) is 17.8 Å². The molecule has 3 aromatic rings. The van der Waals surface area contributed by atoms with Gasteiger partial charge in [-0.3, -0.25) is 14.3 Å². The molecule has 1 aromatic heterocycles. The standard InChI is InChI=1S/C42H51ClN4O6S/c1-4-27-7-5-9-38(52-3)35-13-10-30(35)21-47-25-42(16-6-8-28-17-32(43)12-14-36(28)42)26-53-39-15-11-29(19-37(39)47)40(48)44-54(50,24-27)45-41(49)31-18-33-20-34(51-2)23-46(33)22-31/h5,9,11-12,14-15,17-19,22,27,30,34-35,38H,4,6-8,10,13,16,20-21,23-26H2,1-3H3,(H,44,45,48,49,50)/b9-5+/t27-,30-,34?,35+,38-,42-,54-/m0/s1. The Morgan fingerprint density at radius 2 is 2.00 bits per heavy atom. The van der Waals surface area contributed by atoms with Gasteiger partial charge in [-0.05, 0) is 104 Å². The third kappa shape index (κ3) is 7.24. The monoisotopic (exact) mass is 774 g/mol. The first-order valence-electron chi connectivity index (χ1n) is 19.4. The molecule has 3 aliphatic heterocycles. The molecule has 12 heteroatoms. The summed E-state index contributed by atoms with van der Waals surface area (Å²) < 4.78 is 42.2. The molecule has 0 saturated heterocycles. The van der Waals surface area contributed by atoms with Crippen molar-refractivity contribution in [2.45, 2.75) is 82.5 Å². The second-order valence-electron chi connectivity index (χ2n) is 16.0. The van der Waals surface area contributed by atoms with Gasteiger partial charge in [0.1, 0.15) is 15.7 Å². The molecule has 1 fully saturated rings. The first kappa shape index (κ1) is 37.3. The lowest BCUT2D eigenvalue weighted by Crippen LogP contribution is -2.49. The molecule has 4 heterocycles. The second-order valence-corrected chi connectivity index (χ2v) is 18.4. The van der Waals surface area contributed by atoms with Gasteiger partial charge < -0.3 is 23.7 Å². The lowest BCUT2D eigenvalue weighted by atomic mass is 9.68. The SMILES string of the molecule is CC[C@H]1C/C=C/[C@H](OC)[C@@H]2CC[C@H]2CN2C[C@@]3(CCCc4cc(Cl)ccc43)COc3ccc(cc32)C(=O)N=[S@](=O)(NC(=O)c2cc3n(c2)CC(OC)C3)C1. The molecule has 10 nitrogen and oxygen atoms in total. The molecule has 54 heavy (non-hydrogen) atoms. The number of fused-ring (bicyclic) bond motifs is 5. The quantitative estimate of drug-likeness (QED) is 0.274. The van der Waals surface area contributed by atoms with E-state index < -0.39 is 21.7 Å². The van der Waals surface area contributed by atoms with Crippen molar-refractivity contribution in [3.63, 3.8) is 0 Å². The molecule has 1 saturated carbocycles. The van der Waals surface area contributed by atoms with E-state index in [1.54, 1.807) is 32.5 Å². The minimum absolute atomic E-state index is 0.0421. The van der Waals surface area contributed by atoms with Crippen LogP contribution in [-0.4, -0.2) is 72.5 Å². The van der Waals surface area contributed by atoms with Crippen molar-refractivity contribution < 1.29 is 28.0 Å². The van der Waals surface area contributed by atoms with Gasteiger partial charge in [0.15, 0.2) is 0 Å². The Morgan fingerprint density at radius 3 is 2.76 bits per heavy atom. The third-order valence-electron chi connectivity index (χ3n) is 12.6. The summed E-state index contributed by atoms with van der Waals surface area (Å²) in [5.41, 5.74) is 4.79. The molecule has 288 valence electrons. The van der Waals surface area contributed by atoms with Gasteiger partial charge in [-0.2, -0.15) is 0 Å². The maximum Gasteiger partial charge on any atom is 0.286 e. The number of aryl methyl sites for hydroxylation is 1. The summed E-state index contributed by atoms with van der Waals surface area (Å²) in [6.07, 6.45) is 13.2. The molecule has 1 unspecified atom stereocenters. The molecule has 5 aliphatic rings. The van der Waals surface area contributed by atoms with E-state index in [2.05, 4.69) is 38.3 Å². The summed E-state index contributed by atoms with van der Waals surface area (Å²) in [7, 11) is -0.0794. The van der Waals surface area contributed by atoms with E-state index >= 15 is 0 Å². The molecule has 1 N–H and O–H groups in total. The number of aromatic nitrogens is 1. The Balaban J connectivity index is 1.18. The fourth-order valence-electron chi connectivity index (χ4n) is 9.45.